The van der Waals surface area contributed by atoms with Crippen molar-refractivity contribution in [2.24, 2.45) is 0 Å². The lowest BCUT2D eigenvalue weighted by Crippen LogP contribution is -2.28. The van der Waals surface area contributed by atoms with Crippen molar-refractivity contribution < 1.29 is 18.0 Å². The van der Waals surface area contributed by atoms with Crippen LogP contribution in [0, 0.1) is 0 Å². The molecule has 0 bridgehead atoms. The summed E-state index contributed by atoms with van der Waals surface area (Å²) in [6.07, 6.45) is 0.480. The van der Waals surface area contributed by atoms with Gasteiger partial charge >= 0.3 is 0 Å². The first-order valence-electron chi connectivity index (χ1n) is 8.10. The van der Waals surface area contributed by atoms with Crippen LogP contribution in [0.1, 0.15) is 24.0 Å². The van der Waals surface area contributed by atoms with Crippen LogP contribution in [0.15, 0.2) is 42.5 Å². The molecule has 3 rings (SSSR count). The molecule has 2 aromatic rings. The van der Waals surface area contributed by atoms with Crippen molar-refractivity contribution in [2.75, 3.05) is 4.72 Å². The molecule has 0 spiro atoms. The van der Waals surface area contributed by atoms with E-state index in [4.69, 9.17) is 23.2 Å². The third kappa shape index (κ3) is 5.00. The minimum absolute atomic E-state index is 0.186. The number of sulfonamides is 1. The van der Waals surface area contributed by atoms with Gasteiger partial charge in [-0.3, -0.25) is 19.2 Å². The predicted octanol–water partition coefficient (Wildman–Crippen LogP) is 3.58. The van der Waals surface area contributed by atoms with Gasteiger partial charge in [0.1, 0.15) is 0 Å². The van der Waals surface area contributed by atoms with Crippen LogP contribution in [-0.2, 0) is 31.9 Å². The number of hydrogen-bond donors (Lipinski definition) is 1. The van der Waals surface area contributed by atoms with Gasteiger partial charge < -0.3 is 0 Å². The fourth-order valence-corrected chi connectivity index (χ4v) is 4.50. The van der Waals surface area contributed by atoms with Gasteiger partial charge in [0.15, 0.2) is 0 Å². The van der Waals surface area contributed by atoms with E-state index in [0.29, 0.717) is 16.3 Å². The monoisotopic (exact) mass is 426 g/mol. The van der Waals surface area contributed by atoms with Crippen LogP contribution in [0.5, 0.6) is 0 Å². The molecule has 0 atom stereocenters. The molecular formula is C18H16Cl2N2O4S. The zero-order valence-electron chi connectivity index (χ0n) is 14.1. The molecule has 9 heteroatoms. The van der Waals surface area contributed by atoms with Crippen LogP contribution in [0.25, 0.3) is 0 Å². The molecule has 27 heavy (non-hydrogen) atoms. The van der Waals surface area contributed by atoms with Crippen molar-refractivity contribution in [1.29, 1.82) is 0 Å². The molecule has 0 aromatic heterocycles. The van der Waals surface area contributed by atoms with Gasteiger partial charge in [0, 0.05) is 28.6 Å². The second-order valence-electron chi connectivity index (χ2n) is 6.17. The smallest absolute Gasteiger partial charge is 0.236 e. The van der Waals surface area contributed by atoms with Crippen molar-refractivity contribution >= 4 is 50.7 Å². The van der Waals surface area contributed by atoms with Gasteiger partial charge in [-0.2, -0.15) is 0 Å². The summed E-state index contributed by atoms with van der Waals surface area (Å²) >= 11 is 11.8. The van der Waals surface area contributed by atoms with E-state index >= 15 is 0 Å². The average Bonchev–Trinajstić information content (AvgIpc) is 2.91. The Labute approximate surface area is 167 Å². The minimum atomic E-state index is -3.67. The number of carbonyl (C=O) groups is 2. The van der Waals surface area contributed by atoms with Crippen LogP contribution >= 0.6 is 23.2 Å². The number of nitrogens with one attached hydrogen (secondary N) is 1. The lowest BCUT2D eigenvalue weighted by Gasteiger charge is -2.14. The van der Waals surface area contributed by atoms with E-state index in [1.54, 1.807) is 36.4 Å². The fourth-order valence-electron chi connectivity index (χ4n) is 2.72. The maximum atomic E-state index is 12.4. The van der Waals surface area contributed by atoms with Crippen molar-refractivity contribution in [3.63, 3.8) is 0 Å². The molecule has 1 saturated heterocycles. The van der Waals surface area contributed by atoms with Crippen LogP contribution in [0.2, 0.25) is 10.0 Å². The summed E-state index contributed by atoms with van der Waals surface area (Å²) in [7, 11) is -3.67. The lowest BCUT2D eigenvalue weighted by molar-refractivity contribution is -0.139. The molecule has 1 aliphatic heterocycles. The lowest BCUT2D eigenvalue weighted by atomic mass is 10.2. The molecule has 0 aliphatic carbocycles. The van der Waals surface area contributed by atoms with Crippen LogP contribution in [-0.4, -0.2) is 25.1 Å². The highest BCUT2D eigenvalue weighted by atomic mass is 35.5. The fraction of sp³-hybridized carbons (Fsp3) is 0.222. The Bertz CT molecular complexity index is 975. The summed E-state index contributed by atoms with van der Waals surface area (Å²) in [5.41, 5.74) is 1.56. The van der Waals surface area contributed by atoms with Gasteiger partial charge in [-0.1, -0.05) is 41.4 Å². The van der Waals surface area contributed by atoms with E-state index in [2.05, 4.69) is 4.72 Å². The number of amides is 2. The Hall–Kier alpha value is -2.09. The Morgan fingerprint density at radius 2 is 1.59 bits per heavy atom. The van der Waals surface area contributed by atoms with Crippen molar-refractivity contribution in [3.05, 3.63) is 63.6 Å². The minimum Gasteiger partial charge on any atom is -0.283 e. The molecule has 1 fully saturated rings. The normalized spacial score (nSPS) is 14.7. The van der Waals surface area contributed by atoms with Gasteiger partial charge in [0.25, 0.3) is 0 Å². The van der Waals surface area contributed by atoms with Crippen LogP contribution in [0.3, 0.4) is 0 Å². The van der Waals surface area contributed by atoms with E-state index in [-0.39, 0.29) is 42.0 Å². The molecule has 1 aliphatic rings. The summed E-state index contributed by atoms with van der Waals surface area (Å²) in [4.78, 5) is 24.5. The first-order chi connectivity index (χ1) is 12.7. The first-order valence-corrected chi connectivity index (χ1v) is 10.5. The third-order valence-corrected chi connectivity index (χ3v) is 5.91. The second kappa shape index (κ2) is 7.88. The maximum Gasteiger partial charge on any atom is 0.236 e. The number of benzene rings is 2. The number of nitrogens with zero attached hydrogens (tertiary/aromatic N) is 1. The van der Waals surface area contributed by atoms with Gasteiger partial charge in [0.2, 0.25) is 21.8 Å². The molecule has 142 valence electrons. The number of carbonyl (C=O) groups excluding carboxylic acids is 2. The summed E-state index contributed by atoms with van der Waals surface area (Å²) < 4.78 is 27.2. The molecular weight excluding hydrogens is 411 g/mol. The summed E-state index contributed by atoms with van der Waals surface area (Å²) in [5.74, 6) is -0.670. The quantitative estimate of drug-likeness (QED) is 0.715. The van der Waals surface area contributed by atoms with Crippen LogP contribution in [0.4, 0.5) is 5.69 Å². The van der Waals surface area contributed by atoms with Gasteiger partial charge in [-0.05, 0) is 35.4 Å². The predicted molar refractivity (Wildman–Crippen MR) is 104 cm³/mol. The largest absolute Gasteiger partial charge is 0.283 e. The molecule has 2 aromatic carbocycles. The highest BCUT2D eigenvalue weighted by Crippen LogP contribution is 2.24. The number of halogens is 2. The molecule has 0 saturated carbocycles. The number of likely N-dealkylation sites (tertiary alicyclic amines) is 1. The van der Waals surface area contributed by atoms with Gasteiger partial charge in [-0.15, -0.1) is 0 Å². The Kier molecular flexibility index (Phi) is 5.74. The van der Waals surface area contributed by atoms with E-state index in [1.165, 1.54) is 11.0 Å². The van der Waals surface area contributed by atoms with Crippen molar-refractivity contribution in [2.45, 2.75) is 25.1 Å². The van der Waals surface area contributed by atoms with Crippen LogP contribution < -0.4 is 4.72 Å². The number of anilines is 1. The Morgan fingerprint density at radius 1 is 0.963 bits per heavy atom. The van der Waals surface area contributed by atoms with E-state index in [9.17, 15) is 18.0 Å². The molecule has 1 heterocycles. The molecule has 0 unspecified atom stereocenters. The topological polar surface area (TPSA) is 83.6 Å². The molecule has 1 N–H and O–H groups in total. The van der Waals surface area contributed by atoms with E-state index < -0.39 is 10.0 Å². The van der Waals surface area contributed by atoms with E-state index in [0.717, 1.165) is 5.56 Å². The molecule has 2 amide bonds. The Balaban J connectivity index is 1.66. The number of imide groups is 1. The van der Waals surface area contributed by atoms with Crippen molar-refractivity contribution in [3.8, 4) is 0 Å². The Morgan fingerprint density at radius 3 is 2.19 bits per heavy atom. The zero-order valence-corrected chi connectivity index (χ0v) is 16.4. The highest BCUT2D eigenvalue weighted by Gasteiger charge is 2.28. The second-order valence-corrected chi connectivity index (χ2v) is 8.73. The first kappa shape index (κ1) is 19.7. The third-order valence-electron chi connectivity index (χ3n) is 4.08. The molecule has 0 radical (unpaired) electrons. The number of rotatable bonds is 6. The zero-order chi connectivity index (χ0) is 19.6. The van der Waals surface area contributed by atoms with Crippen molar-refractivity contribution in [1.82, 2.24) is 4.90 Å². The summed E-state index contributed by atoms with van der Waals surface area (Å²) in [6, 6.07) is 11.1. The van der Waals surface area contributed by atoms with E-state index in [1.807, 2.05) is 0 Å². The summed E-state index contributed by atoms with van der Waals surface area (Å²) in [6.45, 7) is 0.186. The SMILES string of the molecule is O=C1CCC(=O)N1Cc1ccc(NS(=O)(=O)Cc2ccc(Cl)cc2Cl)cc1. The highest BCUT2D eigenvalue weighted by molar-refractivity contribution is 7.91. The molecule has 6 nitrogen and oxygen atoms in total. The maximum absolute atomic E-state index is 12.4. The van der Waals surface area contributed by atoms with Gasteiger partial charge in [-0.25, -0.2) is 8.42 Å². The summed E-state index contributed by atoms with van der Waals surface area (Å²) in [5, 5.41) is 0.711. The number of hydrogen-bond acceptors (Lipinski definition) is 4. The van der Waals surface area contributed by atoms with Gasteiger partial charge in [0.05, 0.1) is 12.3 Å². The average molecular weight is 427 g/mol. The standard InChI is InChI=1S/C18H16Cl2N2O4S/c19-14-4-3-13(16(20)9-14)11-27(25,26)21-15-5-1-12(2-6-15)10-22-17(23)7-8-18(22)24/h1-6,9,21H,7-8,10-11H2.